The van der Waals surface area contributed by atoms with E-state index < -0.39 is 6.43 Å². The molecule has 0 atom stereocenters. The summed E-state index contributed by atoms with van der Waals surface area (Å²) in [5.74, 6) is -0.301. The van der Waals surface area contributed by atoms with Crippen LogP contribution in [-0.2, 0) is 0 Å². The Balaban J connectivity index is 1.84. The Kier molecular flexibility index (Phi) is 2.07. The molecule has 12 heavy (non-hydrogen) atoms. The fraction of sp³-hybridized carbons (Fsp3) is 1.00. The first-order chi connectivity index (χ1) is 5.72. The monoisotopic (exact) mass is 175 g/mol. The number of alkyl halides is 2. The third-order valence-corrected chi connectivity index (χ3v) is 3.31. The van der Waals surface area contributed by atoms with Gasteiger partial charge in [0, 0.05) is 12.5 Å². The average Bonchev–Trinajstić information content (AvgIpc) is 2.01. The number of halogens is 2. The summed E-state index contributed by atoms with van der Waals surface area (Å²) in [6, 6.07) is 0. The van der Waals surface area contributed by atoms with Crippen LogP contribution < -0.4 is 5.32 Å². The van der Waals surface area contributed by atoms with Crippen LogP contribution in [0.2, 0.25) is 0 Å². The van der Waals surface area contributed by atoms with Crippen LogP contribution in [0.1, 0.15) is 25.7 Å². The molecule has 3 heteroatoms. The third-order valence-electron chi connectivity index (χ3n) is 3.31. The molecule has 1 saturated carbocycles. The van der Waals surface area contributed by atoms with Crippen LogP contribution in [-0.4, -0.2) is 19.5 Å². The van der Waals surface area contributed by atoms with E-state index in [1.807, 2.05) is 0 Å². The van der Waals surface area contributed by atoms with Gasteiger partial charge in [-0.15, -0.1) is 0 Å². The molecular formula is C9H15F2N. The highest BCUT2D eigenvalue weighted by atomic mass is 19.3. The minimum absolute atomic E-state index is 0.263. The SMILES string of the molecule is FC(F)C1CC2(CCCNC2)C1. The second kappa shape index (κ2) is 2.95. The number of hydrogen-bond acceptors (Lipinski definition) is 1. The largest absolute Gasteiger partial charge is 0.316 e. The number of piperidine rings is 1. The lowest BCUT2D eigenvalue weighted by Gasteiger charge is -2.50. The van der Waals surface area contributed by atoms with Crippen molar-refractivity contribution in [1.29, 1.82) is 0 Å². The summed E-state index contributed by atoms with van der Waals surface area (Å²) in [5.41, 5.74) is 0.263. The quantitative estimate of drug-likeness (QED) is 0.643. The van der Waals surface area contributed by atoms with Gasteiger partial charge in [0.05, 0.1) is 0 Å². The predicted octanol–water partition coefficient (Wildman–Crippen LogP) is 2.03. The van der Waals surface area contributed by atoms with Gasteiger partial charge in [0.2, 0.25) is 6.43 Å². The van der Waals surface area contributed by atoms with Gasteiger partial charge in [0.1, 0.15) is 0 Å². The smallest absolute Gasteiger partial charge is 0.241 e. The van der Waals surface area contributed by atoms with Crippen molar-refractivity contribution in [2.45, 2.75) is 32.1 Å². The zero-order valence-electron chi connectivity index (χ0n) is 7.15. The lowest BCUT2D eigenvalue weighted by molar-refractivity contribution is -0.0621. The fourth-order valence-corrected chi connectivity index (χ4v) is 2.61. The predicted molar refractivity (Wildman–Crippen MR) is 43.3 cm³/mol. The highest BCUT2D eigenvalue weighted by Gasteiger charge is 2.47. The molecular weight excluding hydrogens is 160 g/mol. The summed E-state index contributed by atoms with van der Waals surface area (Å²) in [6.07, 6.45) is 1.73. The molecule has 1 aliphatic heterocycles. The maximum absolute atomic E-state index is 12.2. The number of hydrogen-bond donors (Lipinski definition) is 1. The molecule has 0 bridgehead atoms. The Morgan fingerprint density at radius 3 is 2.58 bits per heavy atom. The minimum Gasteiger partial charge on any atom is -0.316 e. The average molecular weight is 175 g/mol. The molecule has 2 aliphatic rings. The molecule has 2 rings (SSSR count). The molecule has 1 saturated heterocycles. The second-order valence-corrected chi connectivity index (χ2v) is 4.28. The van der Waals surface area contributed by atoms with Crippen LogP contribution in [0, 0.1) is 11.3 Å². The Labute approximate surface area is 71.5 Å². The van der Waals surface area contributed by atoms with Crippen molar-refractivity contribution >= 4 is 0 Å². The van der Waals surface area contributed by atoms with Crippen molar-refractivity contribution in [2.75, 3.05) is 13.1 Å². The molecule has 2 fully saturated rings. The van der Waals surface area contributed by atoms with E-state index in [0.717, 1.165) is 38.8 Å². The highest BCUT2D eigenvalue weighted by molar-refractivity contribution is 4.97. The summed E-state index contributed by atoms with van der Waals surface area (Å²) in [6.45, 7) is 2.04. The molecule has 0 unspecified atom stereocenters. The Bertz CT molecular complexity index is 156. The maximum atomic E-state index is 12.2. The van der Waals surface area contributed by atoms with Gasteiger partial charge in [-0.25, -0.2) is 8.78 Å². The molecule has 1 aliphatic carbocycles. The van der Waals surface area contributed by atoms with Crippen molar-refractivity contribution in [3.63, 3.8) is 0 Å². The van der Waals surface area contributed by atoms with E-state index in [1.54, 1.807) is 0 Å². The summed E-state index contributed by atoms with van der Waals surface area (Å²) >= 11 is 0. The first-order valence-electron chi connectivity index (χ1n) is 4.71. The Morgan fingerprint density at radius 2 is 2.08 bits per heavy atom. The molecule has 1 N–H and O–H groups in total. The van der Waals surface area contributed by atoms with Gasteiger partial charge in [0.15, 0.2) is 0 Å². The van der Waals surface area contributed by atoms with Crippen LogP contribution in [0.5, 0.6) is 0 Å². The molecule has 0 aromatic heterocycles. The first-order valence-corrected chi connectivity index (χ1v) is 4.71. The van der Waals surface area contributed by atoms with Crippen molar-refractivity contribution in [2.24, 2.45) is 11.3 Å². The zero-order chi connectivity index (χ0) is 8.60. The van der Waals surface area contributed by atoms with Gasteiger partial charge in [-0.2, -0.15) is 0 Å². The van der Waals surface area contributed by atoms with Gasteiger partial charge >= 0.3 is 0 Å². The van der Waals surface area contributed by atoms with Crippen LogP contribution in [0.15, 0.2) is 0 Å². The normalized spacial score (nSPS) is 41.8. The van der Waals surface area contributed by atoms with E-state index in [-0.39, 0.29) is 11.3 Å². The summed E-state index contributed by atoms with van der Waals surface area (Å²) in [7, 11) is 0. The summed E-state index contributed by atoms with van der Waals surface area (Å²) in [4.78, 5) is 0. The minimum atomic E-state index is -2.09. The van der Waals surface area contributed by atoms with Gasteiger partial charge in [-0.3, -0.25) is 0 Å². The van der Waals surface area contributed by atoms with Crippen molar-refractivity contribution in [3.8, 4) is 0 Å². The number of rotatable bonds is 1. The van der Waals surface area contributed by atoms with Gasteiger partial charge < -0.3 is 5.32 Å². The van der Waals surface area contributed by atoms with Crippen LogP contribution in [0.25, 0.3) is 0 Å². The maximum Gasteiger partial charge on any atom is 0.241 e. The molecule has 1 heterocycles. The van der Waals surface area contributed by atoms with Crippen LogP contribution in [0.4, 0.5) is 8.78 Å². The van der Waals surface area contributed by atoms with Gasteiger partial charge in [-0.05, 0) is 37.6 Å². The van der Waals surface area contributed by atoms with Crippen molar-refractivity contribution in [3.05, 3.63) is 0 Å². The lowest BCUT2D eigenvalue weighted by Crippen LogP contribution is -2.50. The van der Waals surface area contributed by atoms with E-state index in [9.17, 15) is 8.78 Å². The molecule has 0 radical (unpaired) electrons. The molecule has 1 nitrogen and oxygen atoms in total. The molecule has 0 aromatic carbocycles. The second-order valence-electron chi connectivity index (χ2n) is 4.28. The fourth-order valence-electron chi connectivity index (χ4n) is 2.61. The Morgan fingerprint density at radius 1 is 1.33 bits per heavy atom. The molecule has 0 amide bonds. The third kappa shape index (κ3) is 1.35. The van der Waals surface area contributed by atoms with Gasteiger partial charge in [0.25, 0.3) is 0 Å². The molecule has 0 aromatic rings. The van der Waals surface area contributed by atoms with Crippen molar-refractivity contribution < 1.29 is 8.78 Å². The van der Waals surface area contributed by atoms with E-state index >= 15 is 0 Å². The van der Waals surface area contributed by atoms with Crippen LogP contribution in [0.3, 0.4) is 0 Å². The molecule has 70 valence electrons. The van der Waals surface area contributed by atoms with Gasteiger partial charge in [-0.1, -0.05) is 0 Å². The topological polar surface area (TPSA) is 12.0 Å². The Hall–Kier alpha value is -0.180. The standard InChI is InChI=1S/C9H15F2N/c10-8(11)7-4-9(5-7)2-1-3-12-6-9/h7-8,12H,1-6H2. The molecule has 1 spiro atoms. The van der Waals surface area contributed by atoms with E-state index in [4.69, 9.17) is 0 Å². The summed E-state index contributed by atoms with van der Waals surface area (Å²) < 4.78 is 24.4. The first kappa shape index (κ1) is 8.42. The van der Waals surface area contributed by atoms with E-state index in [0.29, 0.717) is 0 Å². The van der Waals surface area contributed by atoms with Crippen molar-refractivity contribution in [1.82, 2.24) is 5.32 Å². The highest BCUT2D eigenvalue weighted by Crippen LogP contribution is 2.51. The van der Waals surface area contributed by atoms with E-state index in [2.05, 4.69) is 5.32 Å². The van der Waals surface area contributed by atoms with E-state index in [1.165, 1.54) is 0 Å². The lowest BCUT2D eigenvalue weighted by atomic mass is 9.59. The summed E-state index contributed by atoms with van der Waals surface area (Å²) in [5, 5.41) is 3.29. The van der Waals surface area contributed by atoms with Crippen LogP contribution >= 0.6 is 0 Å². The zero-order valence-corrected chi connectivity index (χ0v) is 7.15. The number of nitrogens with one attached hydrogen (secondary N) is 1.